The predicted molar refractivity (Wildman–Crippen MR) is 134 cm³/mol. The van der Waals surface area contributed by atoms with Crippen molar-refractivity contribution in [3.63, 3.8) is 0 Å². The number of nitrogens with zero attached hydrogens (tertiary/aromatic N) is 3. The minimum Gasteiger partial charge on any atom is -0.369 e. The molecule has 0 saturated carbocycles. The van der Waals surface area contributed by atoms with Crippen molar-refractivity contribution in [2.24, 2.45) is 16.6 Å². The highest BCUT2D eigenvalue weighted by atomic mass is 16.1. The van der Waals surface area contributed by atoms with Gasteiger partial charge in [0.1, 0.15) is 0 Å². The summed E-state index contributed by atoms with van der Waals surface area (Å²) in [5.74, 6) is 0.740. The van der Waals surface area contributed by atoms with Crippen LogP contribution in [-0.2, 0) is 17.9 Å². The molecule has 174 valence electrons. The summed E-state index contributed by atoms with van der Waals surface area (Å²) in [6.45, 7) is 5.18. The van der Waals surface area contributed by atoms with Crippen LogP contribution >= 0.6 is 0 Å². The Bertz CT molecular complexity index is 1000. The van der Waals surface area contributed by atoms with Crippen LogP contribution in [0.2, 0.25) is 0 Å². The van der Waals surface area contributed by atoms with E-state index in [1.165, 1.54) is 22.3 Å². The van der Waals surface area contributed by atoms with Crippen LogP contribution in [-0.4, -0.2) is 54.9 Å². The van der Waals surface area contributed by atoms with Crippen molar-refractivity contribution in [1.29, 1.82) is 0 Å². The zero-order valence-corrected chi connectivity index (χ0v) is 19.5. The fourth-order valence-corrected chi connectivity index (χ4v) is 4.82. The quantitative estimate of drug-likeness (QED) is 0.529. The topological polar surface area (TPSA) is 74.0 Å². The monoisotopic (exact) mass is 445 g/mol. The van der Waals surface area contributed by atoms with Crippen molar-refractivity contribution >= 4 is 17.4 Å². The third-order valence-corrected chi connectivity index (χ3v) is 6.62. The van der Waals surface area contributed by atoms with Gasteiger partial charge in [-0.1, -0.05) is 60.7 Å². The van der Waals surface area contributed by atoms with Gasteiger partial charge in [0, 0.05) is 39.8 Å². The number of benzene rings is 2. The largest absolute Gasteiger partial charge is 0.369 e. The Morgan fingerprint density at radius 3 is 2.67 bits per heavy atom. The third-order valence-electron chi connectivity index (χ3n) is 6.62. The summed E-state index contributed by atoms with van der Waals surface area (Å²) in [7, 11) is 1.85. The first-order chi connectivity index (χ1) is 16.1. The van der Waals surface area contributed by atoms with Gasteiger partial charge >= 0.3 is 0 Å². The first kappa shape index (κ1) is 23.1. The Morgan fingerprint density at radius 1 is 1.12 bits per heavy atom. The molecule has 1 atom stereocenters. The number of nitrogens with two attached hydrogens (primary N) is 1. The second kappa shape index (κ2) is 11.1. The Hall–Kier alpha value is -3.12. The van der Waals surface area contributed by atoms with E-state index in [9.17, 15) is 4.79 Å². The van der Waals surface area contributed by atoms with Crippen molar-refractivity contribution < 1.29 is 4.79 Å². The number of carbonyl (C=O) groups is 1. The van der Waals surface area contributed by atoms with E-state index in [1.54, 1.807) is 0 Å². The molecule has 0 bridgehead atoms. The molecular formula is C27H35N5O. The fourth-order valence-electron chi connectivity index (χ4n) is 4.82. The molecule has 3 N–H and O–H groups in total. The molecule has 2 aliphatic heterocycles. The molecule has 2 aliphatic rings. The normalized spacial score (nSPS) is 19.8. The van der Waals surface area contributed by atoms with Crippen LogP contribution in [0, 0.1) is 5.92 Å². The van der Waals surface area contributed by atoms with Crippen LogP contribution in [0.15, 0.2) is 65.7 Å². The summed E-state index contributed by atoms with van der Waals surface area (Å²) in [5, 5.41) is 3.53. The molecule has 0 aromatic heterocycles. The minimum atomic E-state index is -0.174. The number of amides is 1. The summed E-state index contributed by atoms with van der Waals surface area (Å²) in [5.41, 5.74) is 10.8. The van der Waals surface area contributed by atoms with Crippen LogP contribution in [0.3, 0.4) is 0 Å². The number of guanidine groups is 1. The maximum absolute atomic E-state index is 11.6. The van der Waals surface area contributed by atoms with Crippen LogP contribution in [0.25, 0.3) is 5.57 Å². The van der Waals surface area contributed by atoms with Gasteiger partial charge in [0.15, 0.2) is 5.96 Å². The van der Waals surface area contributed by atoms with Crippen LogP contribution in [0.1, 0.15) is 36.0 Å². The number of hydrogen-bond acceptors (Lipinski definition) is 3. The average Bonchev–Trinajstić information content (AvgIpc) is 2.86. The molecule has 2 heterocycles. The number of rotatable bonds is 6. The number of piperidine rings is 1. The summed E-state index contributed by atoms with van der Waals surface area (Å²) < 4.78 is 0. The molecule has 1 amide bonds. The van der Waals surface area contributed by atoms with Gasteiger partial charge in [0.05, 0.1) is 5.92 Å². The van der Waals surface area contributed by atoms with E-state index in [0.717, 1.165) is 64.5 Å². The summed E-state index contributed by atoms with van der Waals surface area (Å²) in [4.78, 5) is 20.7. The molecule has 1 unspecified atom stereocenters. The molecule has 6 nitrogen and oxygen atoms in total. The summed E-state index contributed by atoms with van der Waals surface area (Å²) in [6.07, 6.45) is 5.27. The van der Waals surface area contributed by atoms with Crippen molar-refractivity contribution in [2.45, 2.75) is 32.4 Å². The predicted octanol–water partition coefficient (Wildman–Crippen LogP) is 3.25. The highest BCUT2D eigenvalue weighted by Gasteiger charge is 2.24. The maximum Gasteiger partial charge on any atom is 0.221 e. The van der Waals surface area contributed by atoms with Gasteiger partial charge in [0.25, 0.3) is 0 Å². The summed E-state index contributed by atoms with van der Waals surface area (Å²) in [6, 6.07) is 19.3. The van der Waals surface area contributed by atoms with E-state index in [4.69, 9.17) is 5.73 Å². The lowest BCUT2D eigenvalue weighted by atomic mass is 9.97. The number of primary amides is 1. The van der Waals surface area contributed by atoms with E-state index in [-0.39, 0.29) is 11.8 Å². The lowest BCUT2D eigenvalue weighted by molar-refractivity contribution is -0.123. The average molecular weight is 446 g/mol. The molecule has 2 aromatic rings. The van der Waals surface area contributed by atoms with Gasteiger partial charge < -0.3 is 16.0 Å². The van der Waals surface area contributed by atoms with E-state index in [0.29, 0.717) is 0 Å². The van der Waals surface area contributed by atoms with Gasteiger partial charge in [-0.3, -0.25) is 14.7 Å². The standard InChI is InChI=1S/C27H35N5O/c1-29-27(32-15-12-24(13-16-32)23-9-3-2-4-10-23)30-18-21-7-5-8-22(17-21)19-31-14-6-11-25(20-31)26(28)33/h2-5,7-10,12,17,25H,6,11,13-16,18-20H2,1H3,(H2,28,33)(H,29,30). The first-order valence-electron chi connectivity index (χ1n) is 11.9. The molecule has 33 heavy (non-hydrogen) atoms. The summed E-state index contributed by atoms with van der Waals surface area (Å²) >= 11 is 0. The Morgan fingerprint density at radius 2 is 1.94 bits per heavy atom. The van der Waals surface area contributed by atoms with E-state index >= 15 is 0 Å². The van der Waals surface area contributed by atoms with Crippen LogP contribution < -0.4 is 11.1 Å². The first-order valence-corrected chi connectivity index (χ1v) is 11.9. The number of hydrogen-bond donors (Lipinski definition) is 2. The Balaban J connectivity index is 1.31. The van der Waals surface area contributed by atoms with Gasteiger partial charge in [-0.05, 0) is 48.1 Å². The zero-order chi connectivity index (χ0) is 23.0. The van der Waals surface area contributed by atoms with Crippen molar-refractivity contribution in [2.75, 3.05) is 33.2 Å². The van der Waals surface area contributed by atoms with E-state index < -0.39 is 0 Å². The third kappa shape index (κ3) is 6.23. The molecule has 4 rings (SSSR count). The van der Waals surface area contributed by atoms with Gasteiger partial charge in [-0.25, -0.2) is 0 Å². The molecule has 6 heteroatoms. The van der Waals surface area contributed by atoms with Gasteiger partial charge in [-0.2, -0.15) is 0 Å². The molecule has 1 saturated heterocycles. The molecule has 0 spiro atoms. The maximum atomic E-state index is 11.6. The molecule has 0 aliphatic carbocycles. The van der Waals surface area contributed by atoms with Crippen LogP contribution in [0.4, 0.5) is 0 Å². The van der Waals surface area contributed by atoms with Crippen molar-refractivity contribution in [3.8, 4) is 0 Å². The van der Waals surface area contributed by atoms with Crippen molar-refractivity contribution in [3.05, 3.63) is 77.4 Å². The second-order valence-corrected chi connectivity index (χ2v) is 8.99. The van der Waals surface area contributed by atoms with Crippen molar-refractivity contribution in [1.82, 2.24) is 15.1 Å². The number of aliphatic imine (C=N–C) groups is 1. The minimum absolute atomic E-state index is 0.0204. The highest BCUT2D eigenvalue weighted by Crippen LogP contribution is 2.22. The Labute approximate surface area is 197 Å². The number of likely N-dealkylation sites (tertiary alicyclic amines) is 1. The number of nitrogens with one attached hydrogen (secondary N) is 1. The molecule has 1 fully saturated rings. The molecule has 0 radical (unpaired) electrons. The van der Waals surface area contributed by atoms with Crippen LogP contribution in [0.5, 0.6) is 0 Å². The fraction of sp³-hybridized carbons (Fsp3) is 0.407. The highest BCUT2D eigenvalue weighted by molar-refractivity contribution is 5.81. The van der Waals surface area contributed by atoms with E-state index in [2.05, 4.69) is 80.8 Å². The van der Waals surface area contributed by atoms with Gasteiger partial charge in [0.2, 0.25) is 5.91 Å². The number of carbonyl (C=O) groups excluding carboxylic acids is 1. The lowest BCUT2D eigenvalue weighted by Crippen LogP contribution is -2.43. The smallest absolute Gasteiger partial charge is 0.221 e. The molecular weight excluding hydrogens is 410 g/mol. The zero-order valence-electron chi connectivity index (χ0n) is 19.5. The van der Waals surface area contributed by atoms with E-state index in [1.807, 2.05) is 7.05 Å². The lowest BCUT2D eigenvalue weighted by Gasteiger charge is -2.31. The second-order valence-electron chi connectivity index (χ2n) is 8.99. The Kier molecular flexibility index (Phi) is 7.79. The molecule has 2 aromatic carbocycles. The SMILES string of the molecule is CN=C(NCc1cccc(CN2CCCC(C(N)=O)C2)c1)N1CC=C(c2ccccc2)CC1. The van der Waals surface area contributed by atoms with Gasteiger partial charge in [-0.15, -0.1) is 0 Å².